The number of hydrogen-bond acceptors (Lipinski definition) is 2. The summed E-state index contributed by atoms with van der Waals surface area (Å²) in [5.74, 6) is -0.217. The molecule has 22 heavy (non-hydrogen) atoms. The van der Waals surface area contributed by atoms with E-state index in [0.29, 0.717) is 11.3 Å². The lowest BCUT2D eigenvalue weighted by atomic mass is 10.1. The van der Waals surface area contributed by atoms with Crippen molar-refractivity contribution in [2.75, 3.05) is 4.90 Å². The molecular weight excluding hydrogens is 413 g/mol. The zero-order chi connectivity index (χ0) is 16.3. The summed E-state index contributed by atoms with van der Waals surface area (Å²) in [6.07, 6.45) is 0. The molecule has 0 aliphatic rings. The molecule has 0 aromatic heterocycles. The number of anilines is 1. The zero-order valence-electron chi connectivity index (χ0n) is 12.3. The molecule has 3 nitrogen and oxygen atoms in total. The van der Waals surface area contributed by atoms with Crippen LogP contribution in [-0.2, 0) is 4.79 Å². The number of amides is 1. The number of para-hydroxylation sites is 1. The van der Waals surface area contributed by atoms with Gasteiger partial charge in [0.1, 0.15) is 11.3 Å². The Morgan fingerprint density at radius 2 is 1.73 bits per heavy atom. The number of phenolic OH excluding ortho intramolecular Hbond substituents is 1. The van der Waals surface area contributed by atoms with Crippen LogP contribution in [0.1, 0.15) is 24.9 Å². The summed E-state index contributed by atoms with van der Waals surface area (Å²) < 4.78 is 1.08. The second-order valence-corrected chi connectivity index (χ2v) is 6.89. The Labute approximate surface area is 149 Å². The van der Waals surface area contributed by atoms with Gasteiger partial charge in [0, 0.05) is 20.7 Å². The molecule has 1 amide bonds. The Bertz CT molecular complexity index is 658. The SMILES string of the molecule is CC(C)C(=O)N(c1ccc(I)cc1)[C@H](Cl)c1ccccc1O. The Morgan fingerprint density at radius 3 is 2.27 bits per heavy atom. The molecule has 2 aromatic carbocycles. The van der Waals surface area contributed by atoms with Gasteiger partial charge in [0.25, 0.3) is 0 Å². The number of rotatable bonds is 4. The standard InChI is InChI=1S/C17H17ClINO2/c1-11(2)17(22)20(13-9-7-12(19)8-10-13)16(18)14-5-3-4-6-15(14)21/h3-11,16,21H,1-2H3/t16-/m0/s1. The first-order chi connectivity index (χ1) is 10.4. The summed E-state index contributed by atoms with van der Waals surface area (Å²) in [6.45, 7) is 3.66. The van der Waals surface area contributed by atoms with Crippen molar-refractivity contribution in [2.45, 2.75) is 19.3 Å². The van der Waals surface area contributed by atoms with E-state index < -0.39 is 5.50 Å². The molecule has 0 heterocycles. The van der Waals surface area contributed by atoms with Crippen molar-refractivity contribution >= 4 is 45.8 Å². The molecular formula is C17H17ClINO2. The number of phenols is 1. The summed E-state index contributed by atoms with van der Waals surface area (Å²) in [5, 5.41) is 10.0. The maximum atomic E-state index is 12.6. The maximum Gasteiger partial charge on any atom is 0.231 e. The number of halogens is 2. The van der Waals surface area contributed by atoms with Gasteiger partial charge in [0.05, 0.1) is 0 Å². The fourth-order valence-corrected chi connectivity index (χ4v) is 2.83. The Morgan fingerprint density at radius 1 is 1.14 bits per heavy atom. The summed E-state index contributed by atoms with van der Waals surface area (Å²) >= 11 is 8.74. The number of carbonyl (C=O) groups excluding carboxylic acids is 1. The highest BCUT2D eigenvalue weighted by Gasteiger charge is 2.28. The van der Waals surface area contributed by atoms with Gasteiger partial charge < -0.3 is 5.11 Å². The third kappa shape index (κ3) is 3.73. The smallest absolute Gasteiger partial charge is 0.231 e. The van der Waals surface area contributed by atoms with Gasteiger partial charge in [-0.3, -0.25) is 9.69 Å². The molecule has 0 bridgehead atoms. The molecule has 1 atom stereocenters. The van der Waals surface area contributed by atoms with Crippen LogP contribution in [0, 0.1) is 9.49 Å². The van der Waals surface area contributed by atoms with Crippen molar-refractivity contribution in [3.05, 3.63) is 57.7 Å². The van der Waals surface area contributed by atoms with Crippen molar-refractivity contribution in [1.29, 1.82) is 0 Å². The lowest BCUT2D eigenvalue weighted by molar-refractivity contribution is -0.121. The number of nitrogens with zero attached hydrogens (tertiary/aromatic N) is 1. The minimum Gasteiger partial charge on any atom is -0.508 e. The van der Waals surface area contributed by atoms with Crippen LogP contribution in [0.5, 0.6) is 5.75 Å². The number of benzene rings is 2. The number of aromatic hydroxyl groups is 1. The Hall–Kier alpha value is -1.27. The number of hydrogen-bond donors (Lipinski definition) is 1. The minimum absolute atomic E-state index is 0.0783. The van der Waals surface area contributed by atoms with Crippen LogP contribution in [0.4, 0.5) is 5.69 Å². The van der Waals surface area contributed by atoms with Gasteiger partial charge in [-0.25, -0.2) is 0 Å². The average Bonchev–Trinajstić information content (AvgIpc) is 2.49. The van der Waals surface area contributed by atoms with E-state index in [1.54, 1.807) is 24.3 Å². The summed E-state index contributed by atoms with van der Waals surface area (Å²) in [5.41, 5.74) is 0.454. The molecule has 2 rings (SSSR count). The first-order valence-corrected chi connectivity index (χ1v) is 8.44. The van der Waals surface area contributed by atoms with Crippen LogP contribution in [0.3, 0.4) is 0 Å². The van der Waals surface area contributed by atoms with Crippen LogP contribution in [0.15, 0.2) is 48.5 Å². The van der Waals surface area contributed by atoms with Crippen LogP contribution < -0.4 is 4.90 Å². The highest BCUT2D eigenvalue weighted by molar-refractivity contribution is 14.1. The lowest BCUT2D eigenvalue weighted by Gasteiger charge is -2.30. The van der Waals surface area contributed by atoms with Crippen molar-refractivity contribution in [3.63, 3.8) is 0 Å². The highest BCUT2D eigenvalue weighted by Crippen LogP contribution is 2.36. The third-order valence-corrected chi connectivity index (χ3v) is 4.41. The Balaban J connectivity index is 2.47. The van der Waals surface area contributed by atoms with Crippen molar-refractivity contribution in [1.82, 2.24) is 0 Å². The van der Waals surface area contributed by atoms with Gasteiger partial charge in [0.15, 0.2) is 0 Å². The van der Waals surface area contributed by atoms with Gasteiger partial charge in [0.2, 0.25) is 5.91 Å². The summed E-state index contributed by atoms with van der Waals surface area (Å²) in [6, 6.07) is 14.4. The second kappa shape index (κ2) is 7.33. The molecule has 0 radical (unpaired) electrons. The van der Waals surface area contributed by atoms with Gasteiger partial charge >= 0.3 is 0 Å². The normalized spacial score (nSPS) is 12.2. The van der Waals surface area contributed by atoms with Crippen LogP contribution in [0.2, 0.25) is 0 Å². The topological polar surface area (TPSA) is 40.5 Å². The fraction of sp³-hybridized carbons (Fsp3) is 0.235. The molecule has 0 aliphatic carbocycles. The van der Waals surface area contributed by atoms with E-state index in [0.717, 1.165) is 3.57 Å². The molecule has 0 unspecified atom stereocenters. The molecule has 0 fully saturated rings. The quantitative estimate of drug-likeness (QED) is 0.426. The second-order valence-electron chi connectivity index (χ2n) is 5.23. The molecule has 2 aromatic rings. The molecule has 0 aliphatic heterocycles. The van der Waals surface area contributed by atoms with Crippen LogP contribution in [0.25, 0.3) is 0 Å². The van der Waals surface area contributed by atoms with E-state index in [9.17, 15) is 9.90 Å². The first-order valence-electron chi connectivity index (χ1n) is 6.92. The van der Waals surface area contributed by atoms with Gasteiger partial charge in [-0.2, -0.15) is 0 Å². The number of alkyl halides is 1. The van der Waals surface area contributed by atoms with Gasteiger partial charge in [-0.05, 0) is 52.9 Å². The van der Waals surface area contributed by atoms with E-state index in [2.05, 4.69) is 22.6 Å². The summed E-state index contributed by atoms with van der Waals surface area (Å²) in [7, 11) is 0. The summed E-state index contributed by atoms with van der Waals surface area (Å²) in [4.78, 5) is 14.1. The highest BCUT2D eigenvalue weighted by atomic mass is 127. The van der Waals surface area contributed by atoms with Crippen molar-refractivity contribution < 1.29 is 9.90 Å². The van der Waals surface area contributed by atoms with Gasteiger partial charge in [-0.1, -0.05) is 43.6 Å². The predicted octanol–water partition coefficient (Wildman–Crippen LogP) is 4.92. The van der Waals surface area contributed by atoms with E-state index in [4.69, 9.17) is 11.6 Å². The third-order valence-electron chi connectivity index (χ3n) is 3.26. The Kier molecular flexibility index (Phi) is 5.69. The predicted molar refractivity (Wildman–Crippen MR) is 98.2 cm³/mol. The monoisotopic (exact) mass is 429 g/mol. The fourth-order valence-electron chi connectivity index (χ4n) is 2.08. The van der Waals surface area contributed by atoms with Gasteiger partial charge in [-0.15, -0.1) is 0 Å². The van der Waals surface area contributed by atoms with Crippen LogP contribution >= 0.6 is 34.2 Å². The van der Waals surface area contributed by atoms with Crippen LogP contribution in [-0.4, -0.2) is 11.0 Å². The van der Waals surface area contributed by atoms with Crippen molar-refractivity contribution in [3.8, 4) is 5.75 Å². The zero-order valence-corrected chi connectivity index (χ0v) is 15.2. The number of carbonyl (C=O) groups is 1. The van der Waals surface area contributed by atoms with E-state index in [-0.39, 0.29) is 17.6 Å². The first kappa shape index (κ1) is 17.1. The van der Waals surface area contributed by atoms with E-state index in [1.165, 1.54) is 4.90 Å². The molecule has 0 saturated heterocycles. The lowest BCUT2D eigenvalue weighted by Crippen LogP contribution is -2.35. The average molecular weight is 430 g/mol. The molecule has 1 N–H and O–H groups in total. The van der Waals surface area contributed by atoms with Crippen molar-refractivity contribution in [2.24, 2.45) is 5.92 Å². The maximum absolute atomic E-state index is 12.6. The molecule has 116 valence electrons. The largest absolute Gasteiger partial charge is 0.508 e. The minimum atomic E-state index is -0.767. The van der Waals surface area contributed by atoms with E-state index in [1.807, 2.05) is 38.1 Å². The van der Waals surface area contributed by atoms with E-state index >= 15 is 0 Å². The molecule has 0 spiro atoms. The molecule has 0 saturated carbocycles. The molecule has 5 heteroatoms.